The Morgan fingerprint density at radius 1 is 1.34 bits per heavy atom. The van der Waals surface area contributed by atoms with Crippen LogP contribution in [0.25, 0.3) is 10.9 Å². The van der Waals surface area contributed by atoms with Crippen LogP contribution in [-0.4, -0.2) is 42.9 Å². The molecule has 2 aromatic carbocycles. The van der Waals surface area contributed by atoms with Crippen LogP contribution in [0.15, 0.2) is 58.8 Å². The third-order valence-electron chi connectivity index (χ3n) is 4.65. The number of nitrogens with zero attached hydrogens (tertiary/aromatic N) is 3. The summed E-state index contributed by atoms with van der Waals surface area (Å²) in [5, 5.41) is 8.28. The fourth-order valence-electron chi connectivity index (χ4n) is 3.22. The highest BCUT2D eigenvalue weighted by molar-refractivity contribution is 6.02. The molecule has 1 aliphatic heterocycles. The van der Waals surface area contributed by atoms with Gasteiger partial charge in [0.15, 0.2) is 0 Å². The van der Waals surface area contributed by atoms with Gasteiger partial charge in [0, 0.05) is 35.8 Å². The fourth-order valence-corrected chi connectivity index (χ4v) is 3.22. The van der Waals surface area contributed by atoms with E-state index in [0.717, 1.165) is 35.1 Å². The first-order chi connectivity index (χ1) is 14.1. The Morgan fingerprint density at radius 2 is 2.17 bits per heavy atom. The van der Waals surface area contributed by atoms with Crippen molar-refractivity contribution in [2.24, 2.45) is 10.1 Å². The van der Waals surface area contributed by atoms with Gasteiger partial charge in [-0.15, -0.1) is 0 Å². The molecule has 4 rings (SSSR count). The van der Waals surface area contributed by atoms with Gasteiger partial charge in [0.05, 0.1) is 25.4 Å². The number of hydrogen-bond donors (Lipinski definition) is 2. The van der Waals surface area contributed by atoms with Crippen molar-refractivity contribution in [1.82, 2.24) is 15.3 Å². The van der Waals surface area contributed by atoms with Crippen molar-refractivity contribution in [2.75, 3.05) is 20.2 Å². The quantitative estimate of drug-likeness (QED) is 0.397. The first-order valence-electron chi connectivity index (χ1n) is 9.17. The van der Waals surface area contributed by atoms with Gasteiger partial charge in [0.2, 0.25) is 5.96 Å². The molecular formula is C21H20FN5O2. The molecule has 0 aliphatic carbocycles. The highest BCUT2D eigenvalue weighted by Gasteiger charge is 2.13. The number of nitrogens with one attached hydrogen (secondary N) is 2. The number of aliphatic imine (C=N–C) groups is 1. The molecule has 0 atom stereocenters. The van der Waals surface area contributed by atoms with Crippen molar-refractivity contribution in [1.29, 1.82) is 0 Å². The van der Waals surface area contributed by atoms with Gasteiger partial charge >= 0.3 is 5.97 Å². The Bertz CT molecular complexity index is 1100. The van der Waals surface area contributed by atoms with Crippen molar-refractivity contribution in [3.8, 4) is 0 Å². The van der Waals surface area contributed by atoms with E-state index in [0.29, 0.717) is 18.1 Å². The molecule has 1 aromatic heterocycles. The van der Waals surface area contributed by atoms with Crippen LogP contribution in [0.5, 0.6) is 0 Å². The number of hydrogen-bond acceptors (Lipinski definition) is 6. The minimum absolute atomic E-state index is 0.276. The summed E-state index contributed by atoms with van der Waals surface area (Å²) in [4.78, 5) is 16.2. The molecule has 2 N–H and O–H groups in total. The minimum Gasteiger partial charge on any atom is -0.465 e. The number of carbonyl (C=O) groups is 1. The zero-order valence-corrected chi connectivity index (χ0v) is 15.9. The monoisotopic (exact) mass is 393 g/mol. The number of carbonyl (C=O) groups excluding carboxylic acids is 1. The number of ether oxygens (including phenoxy) is 1. The lowest BCUT2D eigenvalue weighted by Crippen LogP contribution is -2.30. The number of rotatable bonds is 5. The highest BCUT2D eigenvalue weighted by Crippen LogP contribution is 2.23. The van der Waals surface area contributed by atoms with E-state index in [4.69, 9.17) is 4.74 Å². The number of hydrazone groups is 1. The molecule has 0 unspecified atom stereocenters. The number of aromatic nitrogens is 1. The average Bonchev–Trinajstić information content (AvgIpc) is 3.37. The van der Waals surface area contributed by atoms with Gasteiger partial charge in [-0.2, -0.15) is 5.10 Å². The highest BCUT2D eigenvalue weighted by atomic mass is 19.1. The van der Waals surface area contributed by atoms with E-state index >= 15 is 0 Å². The summed E-state index contributed by atoms with van der Waals surface area (Å²) in [6.45, 7) is 2.05. The molecule has 0 saturated heterocycles. The smallest absolute Gasteiger partial charge is 0.337 e. The van der Waals surface area contributed by atoms with Crippen molar-refractivity contribution < 1.29 is 13.9 Å². The van der Waals surface area contributed by atoms with Crippen LogP contribution in [0, 0.1) is 5.82 Å². The van der Waals surface area contributed by atoms with E-state index in [1.807, 2.05) is 16.8 Å². The lowest BCUT2D eigenvalue weighted by molar-refractivity contribution is 0.0601. The van der Waals surface area contributed by atoms with Crippen molar-refractivity contribution in [2.45, 2.75) is 6.54 Å². The normalized spacial score (nSPS) is 13.5. The van der Waals surface area contributed by atoms with Gasteiger partial charge in [0.1, 0.15) is 5.82 Å². The Hall–Kier alpha value is -3.68. The molecule has 0 fully saturated rings. The molecule has 0 bridgehead atoms. The molecule has 0 amide bonds. The van der Waals surface area contributed by atoms with E-state index < -0.39 is 5.97 Å². The topological polar surface area (TPSA) is 80.0 Å². The van der Waals surface area contributed by atoms with Crippen LogP contribution in [0.2, 0.25) is 0 Å². The molecule has 29 heavy (non-hydrogen) atoms. The number of benzene rings is 2. The van der Waals surface area contributed by atoms with Gasteiger partial charge < -0.3 is 14.6 Å². The molecule has 0 radical (unpaired) electrons. The first-order valence-corrected chi connectivity index (χ1v) is 9.17. The number of methoxy groups -OCH3 is 1. The average molecular weight is 393 g/mol. The second-order valence-electron chi connectivity index (χ2n) is 6.59. The SMILES string of the molecule is COC(=O)c1ccc2c(/C=N/NC3=NCCN3)cn(Cc3ccc(F)cc3)c2c1. The molecule has 0 saturated carbocycles. The van der Waals surface area contributed by atoms with E-state index in [-0.39, 0.29) is 5.82 Å². The molecule has 7 nitrogen and oxygen atoms in total. The summed E-state index contributed by atoms with van der Waals surface area (Å²) in [6, 6.07) is 11.7. The molecule has 1 aliphatic rings. The first kappa shape index (κ1) is 18.7. The van der Waals surface area contributed by atoms with Crippen LogP contribution in [0.3, 0.4) is 0 Å². The van der Waals surface area contributed by atoms with Crippen LogP contribution >= 0.6 is 0 Å². The summed E-state index contributed by atoms with van der Waals surface area (Å²) in [5.41, 5.74) is 6.02. The third-order valence-corrected chi connectivity index (χ3v) is 4.65. The summed E-state index contributed by atoms with van der Waals surface area (Å²) in [7, 11) is 1.35. The Kier molecular flexibility index (Phi) is 5.24. The fraction of sp³-hybridized carbons (Fsp3) is 0.190. The maximum Gasteiger partial charge on any atom is 0.337 e. The number of esters is 1. The van der Waals surface area contributed by atoms with Gasteiger partial charge in [-0.3, -0.25) is 0 Å². The summed E-state index contributed by atoms with van der Waals surface area (Å²) >= 11 is 0. The number of guanidine groups is 1. The lowest BCUT2D eigenvalue weighted by Gasteiger charge is -2.07. The standard InChI is InChI=1S/C21H20FN5O2/c1-29-20(28)15-4-7-18-16(11-25-26-21-23-8-9-24-21)13-27(19(18)10-15)12-14-2-5-17(22)6-3-14/h2-7,10-11,13H,8-9,12H2,1H3,(H2,23,24,26)/b25-11+. The molecule has 148 valence electrons. The van der Waals surface area contributed by atoms with Gasteiger partial charge in [0.25, 0.3) is 0 Å². The van der Waals surface area contributed by atoms with Crippen molar-refractivity contribution >= 4 is 29.0 Å². The minimum atomic E-state index is -0.399. The Labute approximate surface area is 166 Å². The zero-order chi connectivity index (χ0) is 20.2. The van der Waals surface area contributed by atoms with Gasteiger partial charge in [-0.1, -0.05) is 18.2 Å². The van der Waals surface area contributed by atoms with Crippen molar-refractivity contribution in [3.05, 3.63) is 71.2 Å². The molecule has 2 heterocycles. The predicted octanol–water partition coefficient (Wildman–Crippen LogP) is 2.50. The summed E-state index contributed by atoms with van der Waals surface area (Å²) in [5.74, 6) is -0.0330. The van der Waals surface area contributed by atoms with Gasteiger partial charge in [-0.05, 0) is 29.8 Å². The zero-order valence-electron chi connectivity index (χ0n) is 15.9. The Morgan fingerprint density at radius 3 is 2.90 bits per heavy atom. The second-order valence-corrected chi connectivity index (χ2v) is 6.59. The van der Waals surface area contributed by atoms with Gasteiger partial charge in [-0.25, -0.2) is 19.6 Å². The van der Waals surface area contributed by atoms with E-state index in [1.165, 1.54) is 19.2 Å². The van der Waals surface area contributed by atoms with Crippen LogP contribution in [-0.2, 0) is 11.3 Å². The predicted molar refractivity (Wildman–Crippen MR) is 110 cm³/mol. The third kappa shape index (κ3) is 4.11. The van der Waals surface area contributed by atoms with E-state index in [2.05, 4.69) is 20.8 Å². The number of fused-ring (bicyclic) bond motifs is 1. The lowest BCUT2D eigenvalue weighted by atomic mass is 10.1. The molecule has 8 heteroatoms. The molecular weight excluding hydrogens is 373 g/mol. The van der Waals surface area contributed by atoms with Crippen LogP contribution in [0.1, 0.15) is 21.5 Å². The summed E-state index contributed by atoms with van der Waals surface area (Å²) in [6.07, 6.45) is 3.66. The largest absolute Gasteiger partial charge is 0.465 e. The maximum atomic E-state index is 13.2. The maximum absolute atomic E-state index is 13.2. The molecule has 3 aromatic rings. The summed E-state index contributed by atoms with van der Waals surface area (Å²) < 4.78 is 20.1. The van der Waals surface area contributed by atoms with Crippen molar-refractivity contribution in [3.63, 3.8) is 0 Å². The van der Waals surface area contributed by atoms with Crippen LogP contribution in [0.4, 0.5) is 4.39 Å². The van der Waals surface area contributed by atoms with Crippen LogP contribution < -0.4 is 10.7 Å². The molecule has 0 spiro atoms. The Balaban J connectivity index is 1.69. The van der Waals surface area contributed by atoms with E-state index in [9.17, 15) is 9.18 Å². The number of halogens is 1. The van der Waals surface area contributed by atoms with E-state index in [1.54, 1.807) is 30.5 Å². The second kappa shape index (κ2) is 8.14.